The number of nitrogens with one attached hydrogen (secondary N) is 1. The van der Waals surface area contributed by atoms with Crippen molar-refractivity contribution in [2.75, 3.05) is 18.5 Å². The number of fused-ring (bicyclic) bond motifs is 2. The second kappa shape index (κ2) is 12.1. The summed E-state index contributed by atoms with van der Waals surface area (Å²) in [5.74, 6) is -1.76. The summed E-state index contributed by atoms with van der Waals surface area (Å²) in [5, 5.41) is 14.3. The van der Waals surface area contributed by atoms with Crippen molar-refractivity contribution < 1.29 is 29.0 Å². The lowest BCUT2D eigenvalue weighted by atomic mass is 9.89. The fourth-order valence-corrected chi connectivity index (χ4v) is 5.34. The number of rotatable bonds is 11. The molecule has 43 heavy (non-hydrogen) atoms. The number of benzene rings is 3. The molecule has 2 amide bonds. The van der Waals surface area contributed by atoms with Crippen LogP contribution in [0.25, 0.3) is 21.8 Å². The van der Waals surface area contributed by atoms with Crippen LogP contribution >= 0.6 is 11.6 Å². The normalized spacial score (nSPS) is 12.0. The number of nitrogens with two attached hydrogens (primary N) is 1. The smallest absolute Gasteiger partial charge is 0.341 e. The van der Waals surface area contributed by atoms with Gasteiger partial charge in [-0.1, -0.05) is 11.6 Å². The van der Waals surface area contributed by atoms with E-state index in [4.69, 9.17) is 31.9 Å². The Hall–Kier alpha value is -4.96. The molecule has 2 aromatic heterocycles. The first-order valence-electron chi connectivity index (χ1n) is 13.6. The molecule has 1 atom stereocenters. The Morgan fingerprint density at radius 1 is 0.884 bits per heavy atom. The third-order valence-corrected chi connectivity index (χ3v) is 7.38. The minimum absolute atomic E-state index is 0.0310. The van der Waals surface area contributed by atoms with Gasteiger partial charge in [-0.3, -0.25) is 9.59 Å². The average Bonchev–Trinajstić information content (AvgIpc) is 3.49. The fraction of sp³-hybridized carbons (Fsp3) is 0.219. The molecule has 222 valence electrons. The molecule has 5 rings (SSSR count). The Balaban J connectivity index is 1.67. The first-order chi connectivity index (χ1) is 20.5. The maximum Gasteiger partial charge on any atom is 0.341 e. The highest BCUT2D eigenvalue weighted by atomic mass is 35.5. The van der Waals surface area contributed by atoms with E-state index in [-0.39, 0.29) is 18.6 Å². The van der Waals surface area contributed by atoms with Gasteiger partial charge in [0.2, 0.25) is 5.91 Å². The monoisotopic (exact) mass is 602 g/mol. The number of carbonyl (C=O) groups is 3. The van der Waals surface area contributed by atoms with Gasteiger partial charge in [-0.25, -0.2) is 4.79 Å². The van der Waals surface area contributed by atoms with E-state index in [0.29, 0.717) is 22.2 Å². The van der Waals surface area contributed by atoms with Gasteiger partial charge in [0.15, 0.2) is 13.2 Å². The van der Waals surface area contributed by atoms with Gasteiger partial charge >= 0.3 is 5.97 Å². The Bertz CT molecular complexity index is 1840. The number of amides is 2. The van der Waals surface area contributed by atoms with E-state index in [1.165, 1.54) is 0 Å². The van der Waals surface area contributed by atoms with Gasteiger partial charge in [-0.05, 0) is 73.5 Å². The SMILES string of the molecule is CC(C)n1cc(C(C(=O)Nc2ccc(Cl)cc2)c2cn(C)c3cc(OCC(N)=O)ccc23)c2ccc(OCC(=O)O)cc21. The van der Waals surface area contributed by atoms with Gasteiger partial charge in [-0.2, -0.15) is 0 Å². The van der Waals surface area contributed by atoms with E-state index in [1.54, 1.807) is 48.5 Å². The van der Waals surface area contributed by atoms with E-state index in [0.717, 1.165) is 32.9 Å². The molecule has 1 unspecified atom stereocenters. The molecule has 0 aliphatic carbocycles. The van der Waals surface area contributed by atoms with Crippen LogP contribution in [0, 0.1) is 0 Å². The summed E-state index contributed by atoms with van der Waals surface area (Å²) < 4.78 is 14.9. The number of carbonyl (C=O) groups excluding carboxylic acids is 2. The minimum atomic E-state index is -1.07. The van der Waals surface area contributed by atoms with Crippen LogP contribution in [-0.4, -0.2) is 45.2 Å². The lowest BCUT2D eigenvalue weighted by molar-refractivity contribution is -0.139. The van der Waals surface area contributed by atoms with Crippen LogP contribution in [-0.2, 0) is 21.4 Å². The largest absolute Gasteiger partial charge is 0.484 e. The summed E-state index contributed by atoms with van der Waals surface area (Å²) in [7, 11) is 1.88. The van der Waals surface area contributed by atoms with Gasteiger partial charge in [0.05, 0.1) is 17.0 Å². The molecule has 0 saturated heterocycles. The van der Waals surface area contributed by atoms with Crippen LogP contribution < -0.4 is 20.5 Å². The predicted octanol–water partition coefficient (Wildman–Crippen LogP) is 5.47. The first-order valence-corrected chi connectivity index (χ1v) is 13.9. The maximum absolute atomic E-state index is 14.2. The highest BCUT2D eigenvalue weighted by Gasteiger charge is 2.30. The Morgan fingerprint density at radius 3 is 2.07 bits per heavy atom. The number of ether oxygens (including phenoxy) is 2. The number of nitrogens with zero attached hydrogens (tertiary/aromatic N) is 2. The molecule has 10 nitrogen and oxygen atoms in total. The third-order valence-electron chi connectivity index (χ3n) is 7.13. The third kappa shape index (κ3) is 6.29. The molecule has 2 heterocycles. The Kier molecular flexibility index (Phi) is 8.31. The van der Waals surface area contributed by atoms with Gasteiger partial charge < -0.3 is 34.8 Å². The van der Waals surface area contributed by atoms with Crippen molar-refractivity contribution in [3.05, 3.63) is 89.2 Å². The number of carboxylic acids is 1. The molecule has 0 radical (unpaired) electrons. The number of carboxylic acid groups (broad SMARTS) is 1. The molecular weight excluding hydrogens is 572 g/mol. The zero-order chi connectivity index (χ0) is 30.8. The zero-order valence-corrected chi connectivity index (χ0v) is 24.6. The maximum atomic E-state index is 14.2. The van der Waals surface area contributed by atoms with Crippen LogP contribution in [0.15, 0.2) is 73.1 Å². The van der Waals surface area contributed by atoms with Crippen LogP contribution in [0.5, 0.6) is 11.5 Å². The standard InChI is InChI=1S/C32H31ClN4O6/c1-18(2)37-15-26(24-11-9-22(13-28(24)37)43-17-30(39)40)31(32(41)35-20-6-4-19(33)5-7-20)25-14-36(3)27-12-21(8-10-23(25)27)42-16-29(34)38/h4-15,18,31H,16-17H2,1-3H3,(H2,34,38)(H,35,41)(H,39,40). The number of anilines is 1. The van der Waals surface area contributed by atoms with Crippen molar-refractivity contribution in [3.63, 3.8) is 0 Å². The number of hydrogen-bond acceptors (Lipinski definition) is 5. The van der Waals surface area contributed by atoms with E-state index >= 15 is 0 Å². The molecular formula is C32H31ClN4O6. The van der Waals surface area contributed by atoms with Crippen molar-refractivity contribution in [2.45, 2.75) is 25.8 Å². The second-order valence-corrected chi connectivity index (χ2v) is 10.9. The van der Waals surface area contributed by atoms with Gasteiger partial charge in [-0.15, -0.1) is 0 Å². The number of aryl methyl sites for hydroxylation is 1. The van der Waals surface area contributed by atoms with E-state index in [2.05, 4.69) is 5.32 Å². The molecule has 0 aliphatic rings. The Morgan fingerprint density at radius 2 is 1.47 bits per heavy atom. The number of hydrogen-bond donors (Lipinski definition) is 3. The topological polar surface area (TPSA) is 138 Å². The summed E-state index contributed by atoms with van der Waals surface area (Å²) in [6.45, 7) is 3.35. The number of aliphatic carboxylic acids is 1. The number of halogens is 1. The quantitative estimate of drug-likeness (QED) is 0.183. The summed E-state index contributed by atoms with van der Waals surface area (Å²) in [6, 6.07) is 17.7. The molecule has 0 bridgehead atoms. The zero-order valence-electron chi connectivity index (χ0n) is 23.8. The molecule has 0 spiro atoms. The Labute approximate surface area is 252 Å². The van der Waals surface area contributed by atoms with Crippen LogP contribution in [0.2, 0.25) is 5.02 Å². The molecule has 3 aromatic carbocycles. The summed E-state index contributed by atoms with van der Waals surface area (Å²) in [4.78, 5) is 36.6. The van der Waals surface area contributed by atoms with E-state index in [1.807, 2.05) is 54.6 Å². The lowest BCUT2D eigenvalue weighted by Crippen LogP contribution is -2.22. The number of aromatic nitrogens is 2. The highest BCUT2D eigenvalue weighted by Crippen LogP contribution is 2.40. The molecule has 0 aliphatic heterocycles. The van der Waals surface area contributed by atoms with Crippen LogP contribution in [0.1, 0.15) is 36.9 Å². The lowest BCUT2D eigenvalue weighted by Gasteiger charge is -2.17. The van der Waals surface area contributed by atoms with Crippen molar-refractivity contribution in [2.24, 2.45) is 12.8 Å². The molecule has 11 heteroatoms. The first kappa shape index (κ1) is 29.5. The van der Waals surface area contributed by atoms with Crippen LogP contribution in [0.4, 0.5) is 5.69 Å². The van der Waals surface area contributed by atoms with Gasteiger partial charge in [0.25, 0.3) is 5.91 Å². The van der Waals surface area contributed by atoms with Crippen molar-refractivity contribution >= 4 is 56.9 Å². The molecule has 5 aromatic rings. The highest BCUT2D eigenvalue weighted by molar-refractivity contribution is 6.30. The minimum Gasteiger partial charge on any atom is -0.484 e. The second-order valence-electron chi connectivity index (χ2n) is 10.5. The van der Waals surface area contributed by atoms with E-state index < -0.39 is 24.4 Å². The van der Waals surface area contributed by atoms with E-state index in [9.17, 15) is 14.4 Å². The van der Waals surface area contributed by atoms with Gasteiger partial charge in [0.1, 0.15) is 11.5 Å². The van der Waals surface area contributed by atoms with Crippen LogP contribution in [0.3, 0.4) is 0 Å². The molecule has 0 saturated carbocycles. The average molecular weight is 603 g/mol. The fourth-order valence-electron chi connectivity index (χ4n) is 5.22. The molecule has 0 fully saturated rings. The van der Waals surface area contributed by atoms with Crippen molar-refractivity contribution in [1.82, 2.24) is 9.13 Å². The van der Waals surface area contributed by atoms with Gasteiger partial charge in [0, 0.05) is 59.1 Å². The summed E-state index contributed by atoms with van der Waals surface area (Å²) in [6.07, 6.45) is 3.88. The number of primary amides is 1. The van der Waals surface area contributed by atoms with Crippen molar-refractivity contribution in [3.8, 4) is 11.5 Å². The van der Waals surface area contributed by atoms with Crippen molar-refractivity contribution in [1.29, 1.82) is 0 Å². The molecule has 4 N–H and O–H groups in total. The predicted molar refractivity (Wildman–Crippen MR) is 165 cm³/mol. The summed E-state index contributed by atoms with van der Waals surface area (Å²) in [5.41, 5.74) is 8.98. The summed E-state index contributed by atoms with van der Waals surface area (Å²) >= 11 is 6.08.